The summed E-state index contributed by atoms with van der Waals surface area (Å²) in [6.45, 7) is 8.11. The first-order valence-electron chi connectivity index (χ1n) is 6.58. The van der Waals surface area contributed by atoms with Crippen molar-refractivity contribution in [3.8, 4) is 0 Å². The van der Waals surface area contributed by atoms with E-state index in [1.807, 2.05) is 6.92 Å². The standard InChI is InChI=1S/C15H21NO2/c1-4-18-15(17)13-9-16-8-12(13)14-10(2)6-5-7-11(14)3/h5-7,12-13,16H,4,8-9H2,1-3H3/t12-,13-/m1/s1. The molecule has 1 N–H and O–H groups in total. The molecular weight excluding hydrogens is 226 g/mol. The predicted octanol–water partition coefficient (Wildman–Crippen LogP) is 2.17. The minimum atomic E-state index is -0.0739. The minimum absolute atomic E-state index is 0.0512. The van der Waals surface area contributed by atoms with Crippen molar-refractivity contribution in [3.05, 3.63) is 34.9 Å². The highest BCUT2D eigenvalue weighted by Gasteiger charge is 2.36. The third kappa shape index (κ3) is 2.41. The molecule has 1 fully saturated rings. The van der Waals surface area contributed by atoms with Crippen LogP contribution in [0.3, 0.4) is 0 Å². The van der Waals surface area contributed by atoms with Gasteiger partial charge in [-0.05, 0) is 37.5 Å². The third-order valence-electron chi connectivity index (χ3n) is 3.72. The van der Waals surface area contributed by atoms with Crippen molar-refractivity contribution in [3.63, 3.8) is 0 Å². The van der Waals surface area contributed by atoms with Crippen LogP contribution in [0.5, 0.6) is 0 Å². The molecule has 0 bridgehead atoms. The number of carbonyl (C=O) groups is 1. The van der Waals surface area contributed by atoms with Crippen LogP contribution in [-0.4, -0.2) is 25.7 Å². The van der Waals surface area contributed by atoms with E-state index in [0.29, 0.717) is 6.61 Å². The summed E-state index contributed by atoms with van der Waals surface area (Å²) in [5, 5.41) is 3.31. The number of esters is 1. The average Bonchev–Trinajstić information content (AvgIpc) is 2.78. The summed E-state index contributed by atoms with van der Waals surface area (Å²) in [5.41, 5.74) is 3.83. The van der Waals surface area contributed by atoms with Gasteiger partial charge in [0.15, 0.2) is 0 Å². The molecule has 3 nitrogen and oxygen atoms in total. The number of hydrogen-bond acceptors (Lipinski definition) is 3. The Balaban J connectivity index is 2.29. The second kappa shape index (κ2) is 5.53. The Morgan fingerprint density at radius 2 is 2.00 bits per heavy atom. The number of nitrogens with one attached hydrogen (secondary N) is 1. The van der Waals surface area contributed by atoms with Crippen LogP contribution in [0, 0.1) is 19.8 Å². The molecule has 0 amide bonds. The van der Waals surface area contributed by atoms with Crippen LogP contribution < -0.4 is 5.32 Å². The van der Waals surface area contributed by atoms with E-state index in [1.54, 1.807) is 0 Å². The SMILES string of the molecule is CCOC(=O)[C@@H]1CNC[C@H]1c1c(C)cccc1C. The summed E-state index contributed by atoms with van der Waals surface area (Å²) in [4.78, 5) is 12.0. The van der Waals surface area contributed by atoms with E-state index in [4.69, 9.17) is 4.74 Å². The number of hydrogen-bond donors (Lipinski definition) is 1. The Morgan fingerprint density at radius 1 is 1.33 bits per heavy atom. The molecule has 1 aromatic carbocycles. The lowest BCUT2D eigenvalue weighted by molar-refractivity contribution is -0.147. The molecule has 0 saturated carbocycles. The van der Waals surface area contributed by atoms with E-state index < -0.39 is 0 Å². The average molecular weight is 247 g/mol. The Labute approximate surface area is 109 Å². The lowest BCUT2D eigenvalue weighted by Crippen LogP contribution is -2.24. The second-order valence-electron chi connectivity index (χ2n) is 4.93. The summed E-state index contributed by atoms with van der Waals surface area (Å²) in [7, 11) is 0. The molecule has 0 spiro atoms. The minimum Gasteiger partial charge on any atom is -0.466 e. The molecule has 0 unspecified atom stereocenters. The van der Waals surface area contributed by atoms with Gasteiger partial charge in [-0.25, -0.2) is 0 Å². The lowest BCUT2D eigenvalue weighted by atomic mass is 9.84. The molecule has 0 radical (unpaired) electrons. The summed E-state index contributed by atoms with van der Waals surface area (Å²) in [5.74, 6) is 0.116. The highest BCUT2D eigenvalue weighted by atomic mass is 16.5. The van der Waals surface area contributed by atoms with Gasteiger partial charge in [0.25, 0.3) is 0 Å². The summed E-state index contributed by atoms with van der Waals surface area (Å²) >= 11 is 0. The van der Waals surface area contributed by atoms with Crippen LogP contribution in [0.4, 0.5) is 0 Å². The molecule has 2 rings (SSSR count). The normalized spacial score (nSPS) is 23.1. The van der Waals surface area contributed by atoms with Gasteiger partial charge >= 0.3 is 5.97 Å². The Bertz CT molecular complexity index is 422. The van der Waals surface area contributed by atoms with Crippen LogP contribution in [0.25, 0.3) is 0 Å². The molecule has 1 saturated heterocycles. The van der Waals surface area contributed by atoms with Gasteiger partial charge < -0.3 is 10.1 Å². The van der Waals surface area contributed by atoms with Crippen molar-refractivity contribution >= 4 is 5.97 Å². The highest BCUT2D eigenvalue weighted by Crippen LogP contribution is 2.33. The van der Waals surface area contributed by atoms with Crippen molar-refractivity contribution in [2.75, 3.05) is 19.7 Å². The number of carbonyl (C=O) groups excluding carboxylic acids is 1. The van der Waals surface area contributed by atoms with Crippen LogP contribution in [-0.2, 0) is 9.53 Å². The predicted molar refractivity (Wildman–Crippen MR) is 71.6 cm³/mol. The zero-order valence-corrected chi connectivity index (χ0v) is 11.3. The zero-order valence-electron chi connectivity index (χ0n) is 11.3. The maximum Gasteiger partial charge on any atom is 0.310 e. The highest BCUT2D eigenvalue weighted by molar-refractivity contribution is 5.75. The van der Waals surface area contributed by atoms with Crippen molar-refractivity contribution in [1.82, 2.24) is 5.32 Å². The smallest absolute Gasteiger partial charge is 0.310 e. The van der Waals surface area contributed by atoms with Gasteiger partial charge in [0.2, 0.25) is 0 Å². The molecule has 0 aromatic heterocycles. The first-order chi connectivity index (χ1) is 8.65. The quantitative estimate of drug-likeness (QED) is 0.832. The molecule has 3 heteroatoms. The van der Waals surface area contributed by atoms with Gasteiger partial charge in [-0.15, -0.1) is 0 Å². The van der Waals surface area contributed by atoms with Crippen molar-refractivity contribution in [2.45, 2.75) is 26.7 Å². The second-order valence-corrected chi connectivity index (χ2v) is 4.93. The Hall–Kier alpha value is -1.35. The number of aryl methyl sites for hydroxylation is 2. The maximum atomic E-state index is 12.0. The fourth-order valence-electron chi connectivity index (χ4n) is 2.89. The summed E-state index contributed by atoms with van der Waals surface area (Å²) < 4.78 is 5.18. The molecule has 1 aromatic rings. The molecule has 1 aliphatic rings. The van der Waals surface area contributed by atoms with Crippen LogP contribution >= 0.6 is 0 Å². The van der Waals surface area contributed by atoms with E-state index in [1.165, 1.54) is 16.7 Å². The van der Waals surface area contributed by atoms with E-state index >= 15 is 0 Å². The van der Waals surface area contributed by atoms with E-state index in [9.17, 15) is 4.79 Å². The summed E-state index contributed by atoms with van der Waals surface area (Å²) in [6, 6.07) is 6.29. The van der Waals surface area contributed by atoms with Gasteiger partial charge in [-0.3, -0.25) is 4.79 Å². The third-order valence-corrected chi connectivity index (χ3v) is 3.72. The van der Waals surface area contributed by atoms with Crippen molar-refractivity contribution in [2.24, 2.45) is 5.92 Å². The topological polar surface area (TPSA) is 38.3 Å². The van der Waals surface area contributed by atoms with E-state index in [-0.39, 0.29) is 17.8 Å². The van der Waals surface area contributed by atoms with Crippen molar-refractivity contribution < 1.29 is 9.53 Å². The molecule has 18 heavy (non-hydrogen) atoms. The molecule has 1 aliphatic heterocycles. The molecule has 2 atom stereocenters. The van der Waals surface area contributed by atoms with Crippen LogP contribution in [0.1, 0.15) is 29.5 Å². The first kappa shape index (κ1) is 13.1. The summed E-state index contributed by atoms with van der Waals surface area (Å²) in [6.07, 6.45) is 0. The Kier molecular flexibility index (Phi) is 4.02. The monoisotopic (exact) mass is 247 g/mol. The Morgan fingerprint density at radius 3 is 2.61 bits per heavy atom. The van der Waals surface area contributed by atoms with E-state index in [2.05, 4.69) is 37.4 Å². The molecule has 0 aliphatic carbocycles. The van der Waals surface area contributed by atoms with Gasteiger partial charge in [-0.1, -0.05) is 18.2 Å². The fraction of sp³-hybridized carbons (Fsp3) is 0.533. The largest absolute Gasteiger partial charge is 0.466 e. The molecule has 1 heterocycles. The van der Waals surface area contributed by atoms with Crippen LogP contribution in [0.15, 0.2) is 18.2 Å². The maximum absolute atomic E-state index is 12.0. The first-order valence-corrected chi connectivity index (χ1v) is 6.58. The van der Waals surface area contributed by atoms with E-state index in [0.717, 1.165) is 13.1 Å². The van der Waals surface area contributed by atoms with Gasteiger partial charge in [-0.2, -0.15) is 0 Å². The lowest BCUT2D eigenvalue weighted by Gasteiger charge is -2.21. The van der Waals surface area contributed by atoms with Gasteiger partial charge in [0, 0.05) is 19.0 Å². The zero-order chi connectivity index (χ0) is 13.1. The number of rotatable bonds is 3. The number of benzene rings is 1. The fourth-order valence-corrected chi connectivity index (χ4v) is 2.89. The number of ether oxygens (including phenoxy) is 1. The molecular formula is C15H21NO2. The van der Waals surface area contributed by atoms with Gasteiger partial charge in [0.05, 0.1) is 12.5 Å². The molecule has 98 valence electrons. The van der Waals surface area contributed by atoms with Gasteiger partial charge in [0.1, 0.15) is 0 Å². The van der Waals surface area contributed by atoms with Crippen molar-refractivity contribution in [1.29, 1.82) is 0 Å². The van der Waals surface area contributed by atoms with Crippen LogP contribution in [0.2, 0.25) is 0 Å².